The highest BCUT2D eigenvalue weighted by atomic mass is 16.5. The molecule has 2 saturated heterocycles. The van der Waals surface area contributed by atoms with Crippen LogP contribution in [0, 0.1) is 13.8 Å². The Bertz CT molecular complexity index is 1330. The molecular formula is C29H37N3O9. The van der Waals surface area contributed by atoms with Crippen LogP contribution in [0.25, 0.3) is 5.76 Å². The minimum absolute atomic E-state index is 0.105. The number of methoxy groups -OCH3 is 3. The van der Waals surface area contributed by atoms with E-state index in [1.807, 2.05) is 0 Å². The number of aromatic amines is 1. The molecule has 0 spiro atoms. The predicted molar refractivity (Wildman–Crippen MR) is 149 cm³/mol. The Labute approximate surface area is 238 Å². The monoisotopic (exact) mass is 571 g/mol. The van der Waals surface area contributed by atoms with Gasteiger partial charge in [0.05, 0.1) is 52.8 Å². The second-order valence-electron chi connectivity index (χ2n) is 9.75. The van der Waals surface area contributed by atoms with Crippen molar-refractivity contribution >= 4 is 23.4 Å². The summed E-state index contributed by atoms with van der Waals surface area (Å²) in [6.45, 7) is 8.50. The van der Waals surface area contributed by atoms with E-state index >= 15 is 0 Å². The number of aliphatic hydroxyl groups excluding tert-OH is 1. The summed E-state index contributed by atoms with van der Waals surface area (Å²) >= 11 is 0. The van der Waals surface area contributed by atoms with Gasteiger partial charge in [-0.1, -0.05) is 0 Å². The zero-order valence-electron chi connectivity index (χ0n) is 24.3. The summed E-state index contributed by atoms with van der Waals surface area (Å²) < 4.78 is 27.1. The number of morpholine rings is 1. The van der Waals surface area contributed by atoms with Gasteiger partial charge in [0.25, 0.3) is 11.7 Å². The van der Waals surface area contributed by atoms with E-state index in [2.05, 4.69) is 9.88 Å². The minimum atomic E-state index is -0.968. The lowest BCUT2D eigenvalue weighted by molar-refractivity contribution is -0.140. The fourth-order valence-corrected chi connectivity index (χ4v) is 5.44. The van der Waals surface area contributed by atoms with Crippen LogP contribution in [0.5, 0.6) is 17.2 Å². The van der Waals surface area contributed by atoms with E-state index in [-0.39, 0.29) is 30.0 Å². The summed E-state index contributed by atoms with van der Waals surface area (Å²) in [6.07, 6.45) is 0. The number of carbonyl (C=O) groups is 3. The highest BCUT2D eigenvalue weighted by Gasteiger charge is 2.47. The number of aliphatic hydroxyl groups is 1. The highest BCUT2D eigenvalue weighted by Crippen LogP contribution is 2.46. The molecule has 12 nitrogen and oxygen atoms in total. The standard InChI is InChI=1S/C29H37N3O9/c1-7-41-29(36)23-16(2)21(17(3)30-23)25(33)22-24(18-14-19(37-4)27(39-6)20(15-18)38-5)32(28(35)26(22)34)9-8-31-10-12-40-13-11-31/h14-15,24,30,33H,7-13H2,1-6H3. The van der Waals surface area contributed by atoms with Crippen molar-refractivity contribution in [3.05, 3.63) is 45.8 Å². The van der Waals surface area contributed by atoms with Gasteiger partial charge in [0.2, 0.25) is 5.75 Å². The maximum Gasteiger partial charge on any atom is 0.355 e. The second-order valence-corrected chi connectivity index (χ2v) is 9.75. The number of ether oxygens (including phenoxy) is 5. The number of rotatable bonds is 10. The van der Waals surface area contributed by atoms with Crippen molar-refractivity contribution in [1.82, 2.24) is 14.8 Å². The van der Waals surface area contributed by atoms with Gasteiger partial charge in [0.15, 0.2) is 11.5 Å². The molecule has 12 heteroatoms. The Hall–Kier alpha value is -4.03. The molecule has 2 N–H and O–H groups in total. The SMILES string of the molecule is CCOC(=O)c1[nH]c(C)c(C(O)=C2C(=O)C(=O)N(CCN3CCOCC3)C2c2cc(OC)c(OC)c(OC)c2)c1C. The van der Waals surface area contributed by atoms with Gasteiger partial charge in [-0.25, -0.2) is 4.79 Å². The molecule has 4 rings (SSSR count). The quantitative estimate of drug-likeness (QED) is 0.189. The molecule has 0 saturated carbocycles. The average molecular weight is 572 g/mol. The highest BCUT2D eigenvalue weighted by molar-refractivity contribution is 6.46. The number of hydrogen-bond acceptors (Lipinski definition) is 10. The molecule has 1 aromatic carbocycles. The Balaban J connectivity index is 1.89. The van der Waals surface area contributed by atoms with Crippen molar-refractivity contribution in [2.45, 2.75) is 26.8 Å². The van der Waals surface area contributed by atoms with Crippen LogP contribution >= 0.6 is 0 Å². The lowest BCUT2D eigenvalue weighted by atomic mass is 9.93. The van der Waals surface area contributed by atoms with Gasteiger partial charge in [-0.15, -0.1) is 0 Å². The molecule has 1 amide bonds. The van der Waals surface area contributed by atoms with Gasteiger partial charge >= 0.3 is 5.97 Å². The maximum absolute atomic E-state index is 13.6. The maximum atomic E-state index is 13.6. The second kappa shape index (κ2) is 12.6. The molecule has 2 aliphatic heterocycles. The topological polar surface area (TPSA) is 140 Å². The van der Waals surface area contributed by atoms with Crippen LogP contribution in [0.1, 0.15) is 45.8 Å². The Kier molecular flexibility index (Phi) is 9.24. The molecule has 3 heterocycles. The van der Waals surface area contributed by atoms with Crippen LogP contribution in [-0.4, -0.2) is 105 Å². The Morgan fingerprint density at radius 2 is 1.68 bits per heavy atom. The zero-order chi connectivity index (χ0) is 29.8. The van der Waals surface area contributed by atoms with E-state index in [1.165, 1.54) is 26.2 Å². The molecule has 0 bridgehead atoms. The van der Waals surface area contributed by atoms with Crippen LogP contribution in [0.2, 0.25) is 0 Å². The summed E-state index contributed by atoms with van der Waals surface area (Å²) in [5, 5.41) is 11.7. The van der Waals surface area contributed by atoms with Crippen LogP contribution in [-0.2, 0) is 19.1 Å². The number of benzene rings is 1. The third-order valence-electron chi connectivity index (χ3n) is 7.46. The normalized spacial score (nSPS) is 19.0. The summed E-state index contributed by atoms with van der Waals surface area (Å²) in [6, 6.07) is 2.35. The van der Waals surface area contributed by atoms with Crippen LogP contribution in [0.3, 0.4) is 0 Å². The van der Waals surface area contributed by atoms with E-state index in [9.17, 15) is 19.5 Å². The third kappa shape index (κ3) is 5.62. The summed E-state index contributed by atoms with van der Waals surface area (Å²) in [5.74, 6) is -1.54. The number of aryl methyl sites for hydroxylation is 1. The third-order valence-corrected chi connectivity index (χ3v) is 7.46. The van der Waals surface area contributed by atoms with Crippen LogP contribution in [0.4, 0.5) is 0 Å². The fourth-order valence-electron chi connectivity index (χ4n) is 5.44. The number of carbonyl (C=O) groups excluding carboxylic acids is 3. The predicted octanol–water partition coefficient (Wildman–Crippen LogP) is 2.59. The molecule has 2 aromatic rings. The number of hydrogen-bond donors (Lipinski definition) is 2. The largest absolute Gasteiger partial charge is 0.507 e. The lowest BCUT2D eigenvalue weighted by Crippen LogP contribution is -2.42. The molecule has 0 aliphatic carbocycles. The fraction of sp³-hybridized carbons (Fsp3) is 0.483. The molecule has 41 heavy (non-hydrogen) atoms. The van der Waals surface area contributed by atoms with Gasteiger partial charge < -0.3 is 38.7 Å². The Morgan fingerprint density at radius 3 is 2.24 bits per heavy atom. The number of amides is 1. The molecule has 2 aliphatic rings. The first kappa shape index (κ1) is 29.9. The van der Waals surface area contributed by atoms with E-state index in [1.54, 1.807) is 32.9 Å². The number of Topliss-reactive ketones (excluding diaryl/α,β-unsaturated/α-hetero) is 1. The van der Waals surface area contributed by atoms with Gasteiger partial charge in [-0.05, 0) is 44.0 Å². The molecule has 222 valence electrons. The molecule has 1 atom stereocenters. The first-order valence-corrected chi connectivity index (χ1v) is 13.4. The zero-order valence-corrected chi connectivity index (χ0v) is 24.3. The first-order chi connectivity index (χ1) is 19.7. The minimum Gasteiger partial charge on any atom is -0.507 e. The number of nitrogens with zero attached hydrogens (tertiary/aromatic N) is 2. The number of aromatic nitrogens is 1. The van der Waals surface area contributed by atoms with Crippen molar-refractivity contribution in [2.75, 3.05) is 67.3 Å². The summed E-state index contributed by atoms with van der Waals surface area (Å²) in [7, 11) is 4.42. The van der Waals surface area contributed by atoms with Crippen molar-refractivity contribution in [2.24, 2.45) is 0 Å². The molecule has 0 radical (unpaired) electrons. The Morgan fingerprint density at radius 1 is 1.05 bits per heavy atom. The van der Waals surface area contributed by atoms with E-state index in [0.717, 1.165) is 0 Å². The van der Waals surface area contributed by atoms with Gasteiger partial charge in [0.1, 0.15) is 11.5 Å². The molecule has 1 unspecified atom stereocenters. The van der Waals surface area contributed by atoms with Gasteiger partial charge in [-0.2, -0.15) is 0 Å². The summed E-state index contributed by atoms with van der Waals surface area (Å²) in [5.41, 5.74) is 1.66. The number of esters is 1. The van der Waals surface area contributed by atoms with E-state index < -0.39 is 29.5 Å². The molecular weight excluding hydrogens is 534 g/mol. The average Bonchev–Trinajstić information content (AvgIpc) is 3.42. The van der Waals surface area contributed by atoms with Crippen LogP contribution < -0.4 is 14.2 Å². The van der Waals surface area contributed by atoms with Crippen molar-refractivity contribution < 1.29 is 43.2 Å². The van der Waals surface area contributed by atoms with E-state index in [0.29, 0.717) is 66.9 Å². The van der Waals surface area contributed by atoms with Gasteiger partial charge in [0, 0.05) is 37.4 Å². The number of likely N-dealkylation sites (tertiary alicyclic amines) is 1. The number of ketones is 1. The van der Waals surface area contributed by atoms with Crippen molar-refractivity contribution in [3.63, 3.8) is 0 Å². The number of nitrogens with one attached hydrogen (secondary N) is 1. The lowest BCUT2D eigenvalue weighted by Gasteiger charge is -2.31. The van der Waals surface area contributed by atoms with Crippen molar-refractivity contribution in [1.29, 1.82) is 0 Å². The molecule has 1 aromatic heterocycles. The molecule has 2 fully saturated rings. The van der Waals surface area contributed by atoms with E-state index in [4.69, 9.17) is 23.7 Å². The first-order valence-electron chi connectivity index (χ1n) is 13.4. The van der Waals surface area contributed by atoms with Crippen molar-refractivity contribution in [3.8, 4) is 17.2 Å². The smallest absolute Gasteiger partial charge is 0.355 e. The van der Waals surface area contributed by atoms with Gasteiger partial charge in [-0.3, -0.25) is 14.5 Å². The van der Waals surface area contributed by atoms with Crippen LogP contribution in [0.15, 0.2) is 17.7 Å². The number of H-pyrrole nitrogens is 1. The summed E-state index contributed by atoms with van der Waals surface area (Å²) in [4.78, 5) is 46.3.